The number of nitrogens with one attached hydrogen (secondary N) is 1. The van der Waals surface area contributed by atoms with Crippen molar-refractivity contribution in [1.82, 2.24) is 0 Å². The Hall–Kier alpha value is -3.40. The third-order valence-corrected chi connectivity index (χ3v) is 4.88. The first kappa shape index (κ1) is 19.4. The summed E-state index contributed by atoms with van der Waals surface area (Å²) in [5, 5.41) is 2.97. The number of carbonyl (C=O) groups is 2. The minimum absolute atomic E-state index is 0.102. The highest BCUT2D eigenvalue weighted by atomic mass is 16.2. The summed E-state index contributed by atoms with van der Waals surface area (Å²) < 4.78 is 0. The van der Waals surface area contributed by atoms with Crippen LogP contribution in [0.25, 0.3) is 0 Å². The van der Waals surface area contributed by atoms with Crippen molar-refractivity contribution in [1.29, 1.82) is 0 Å². The Kier molecular flexibility index (Phi) is 5.90. The Bertz CT molecular complexity index is 968. The molecule has 0 radical (unpaired) electrons. The zero-order valence-corrected chi connectivity index (χ0v) is 16.3. The average molecular weight is 372 g/mol. The molecule has 0 saturated carbocycles. The van der Waals surface area contributed by atoms with Crippen molar-refractivity contribution < 1.29 is 9.59 Å². The van der Waals surface area contributed by atoms with Crippen molar-refractivity contribution in [2.75, 3.05) is 17.3 Å². The first-order valence-electron chi connectivity index (χ1n) is 9.27. The molecule has 1 N–H and O–H groups in total. The number of hydrogen-bond acceptors (Lipinski definition) is 2. The Labute approximate surface area is 165 Å². The largest absolute Gasteiger partial charge is 0.325 e. The Balaban J connectivity index is 1.80. The predicted molar refractivity (Wildman–Crippen MR) is 114 cm³/mol. The molecular formula is C24H24N2O2. The maximum absolute atomic E-state index is 12.9. The molecule has 142 valence electrons. The maximum Gasteiger partial charge on any atom is 0.258 e. The van der Waals surface area contributed by atoms with Crippen LogP contribution in [0, 0.1) is 6.92 Å². The van der Waals surface area contributed by atoms with E-state index in [4.69, 9.17) is 0 Å². The van der Waals surface area contributed by atoms with Gasteiger partial charge in [-0.25, -0.2) is 0 Å². The summed E-state index contributed by atoms with van der Waals surface area (Å²) in [6.07, 6.45) is 0. The van der Waals surface area contributed by atoms with Crippen LogP contribution in [0.1, 0.15) is 34.3 Å². The highest BCUT2D eigenvalue weighted by Gasteiger charge is 2.18. The predicted octanol–water partition coefficient (Wildman–Crippen LogP) is 5.01. The molecule has 0 saturated heterocycles. The molecule has 0 aliphatic rings. The van der Waals surface area contributed by atoms with Crippen LogP contribution < -0.4 is 10.2 Å². The molecule has 3 aromatic rings. The van der Waals surface area contributed by atoms with Crippen LogP contribution in [0.5, 0.6) is 0 Å². The first-order valence-corrected chi connectivity index (χ1v) is 9.27. The topological polar surface area (TPSA) is 49.4 Å². The minimum Gasteiger partial charge on any atom is -0.325 e. The van der Waals surface area contributed by atoms with Gasteiger partial charge in [0.15, 0.2) is 0 Å². The van der Waals surface area contributed by atoms with Crippen molar-refractivity contribution in [2.24, 2.45) is 0 Å². The molecule has 0 heterocycles. The van der Waals surface area contributed by atoms with Gasteiger partial charge in [-0.05, 0) is 49.2 Å². The molecule has 4 heteroatoms. The summed E-state index contributed by atoms with van der Waals surface area (Å²) in [4.78, 5) is 27.2. The molecule has 0 spiro atoms. The van der Waals surface area contributed by atoms with Gasteiger partial charge in [0.1, 0.15) is 0 Å². The summed E-state index contributed by atoms with van der Waals surface area (Å²) in [6.45, 7) is 3.79. The van der Waals surface area contributed by atoms with E-state index in [2.05, 4.69) is 5.32 Å². The summed E-state index contributed by atoms with van der Waals surface area (Å²) in [5.74, 6) is -0.514. The molecule has 0 aliphatic heterocycles. The fraction of sp³-hybridized carbons (Fsp3) is 0.167. The van der Waals surface area contributed by atoms with E-state index in [9.17, 15) is 9.59 Å². The van der Waals surface area contributed by atoms with E-state index < -0.39 is 0 Å². The molecule has 3 aromatic carbocycles. The molecule has 3 rings (SSSR count). The van der Waals surface area contributed by atoms with Gasteiger partial charge in [-0.2, -0.15) is 0 Å². The van der Waals surface area contributed by atoms with Gasteiger partial charge in [0.2, 0.25) is 5.91 Å². The Morgan fingerprint density at radius 3 is 2.14 bits per heavy atom. The molecular weight excluding hydrogens is 348 g/mol. The molecule has 1 unspecified atom stereocenters. The molecule has 0 aromatic heterocycles. The smallest absolute Gasteiger partial charge is 0.258 e. The van der Waals surface area contributed by atoms with Crippen molar-refractivity contribution >= 4 is 23.2 Å². The van der Waals surface area contributed by atoms with Crippen molar-refractivity contribution in [3.63, 3.8) is 0 Å². The van der Waals surface area contributed by atoms with Gasteiger partial charge < -0.3 is 10.2 Å². The van der Waals surface area contributed by atoms with Gasteiger partial charge in [-0.1, -0.05) is 54.6 Å². The van der Waals surface area contributed by atoms with E-state index in [1.54, 1.807) is 24.1 Å². The zero-order valence-electron chi connectivity index (χ0n) is 16.3. The number of benzene rings is 3. The van der Waals surface area contributed by atoms with E-state index in [-0.39, 0.29) is 17.7 Å². The highest BCUT2D eigenvalue weighted by Crippen LogP contribution is 2.23. The van der Waals surface area contributed by atoms with E-state index in [0.717, 1.165) is 16.8 Å². The molecule has 28 heavy (non-hydrogen) atoms. The molecule has 1 atom stereocenters. The first-order chi connectivity index (χ1) is 13.5. The summed E-state index contributed by atoms with van der Waals surface area (Å²) in [5.41, 5.74) is 3.86. The number of aryl methyl sites for hydroxylation is 1. The SMILES string of the molecule is Cc1ccc(C(=O)N(C)c2ccccc2)cc1NC(=O)C(C)c1ccccc1. The van der Waals surface area contributed by atoms with Gasteiger partial charge in [-0.3, -0.25) is 9.59 Å². The van der Waals surface area contributed by atoms with Crippen LogP contribution in [-0.4, -0.2) is 18.9 Å². The van der Waals surface area contributed by atoms with E-state index >= 15 is 0 Å². The zero-order chi connectivity index (χ0) is 20.1. The lowest BCUT2D eigenvalue weighted by atomic mass is 10.00. The summed E-state index contributed by atoms with van der Waals surface area (Å²) in [7, 11) is 1.74. The molecule has 4 nitrogen and oxygen atoms in total. The fourth-order valence-electron chi connectivity index (χ4n) is 2.99. The average Bonchev–Trinajstić information content (AvgIpc) is 2.74. The monoisotopic (exact) mass is 372 g/mol. The van der Waals surface area contributed by atoms with Crippen LogP contribution in [0.2, 0.25) is 0 Å². The molecule has 0 fully saturated rings. The third kappa shape index (κ3) is 4.29. The maximum atomic E-state index is 12.9. The molecule has 2 amide bonds. The third-order valence-electron chi connectivity index (χ3n) is 4.88. The van der Waals surface area contributed by atoms with Gasteiger partial charge in [0, 0.05) is 24.0 Å². The summed E-state index contributed by atoms with van der Waals surface area (Å²) >= 11 is 0. The van der Waals surface area contributed by atoms with Gasteiger partial charge in [0.25, 0.3) is 5.91 Å². The summed E-state index contributed by atoms with van der Waals surface area (Å²) in [6, 6.07) is 24.5. The molecule has 0 aliphatic carbocycles. The van der Waals surface area contributed by atoms with Crippen molar-refractivity contribution in [3.8, 4) is 0 Å². The lowest BCUT2D eigenvalue weighted by Gasteiger charge is -2.19. The van der Waals surface area contributed by atoms with Crippen LogP contribution >= 0.6 is 0 Å². The Morgan fingerprint density at radius 1 is 0.893 bits per heavy atom. The van der Waals surface area contributed by atoms with Crippen LogP contribution in [0.3, 0.4) is 0 Å². The lowest BCUT2D eigenvalue weighted by Crippen LogP contribution is -2.26. The quantitative estimate of drug-likeness (QED) is 0.684. The van der Waals surface area contributed by atoms with Crippen LogP contribution in [0.4, 0.5) is 11.4 Å². The van der Waals surface area contributed by atoms with E-state index in [1.165, 1.54) is 0 Å². The number of para-hydroxylation sites is 1. The van der Waals surface area contributed by atoms with E-state index in [1.807, 2.05) is 80.6 Å². The van der Waals surface area contributed by atoms with Gasteiger partial charge in [0.05, 0.1) is 5.92 Å². The van der Waals surface area contributed by atoms with Crippen LogP contribution in [-0.2, 0) is 4.79 Å². The van der Waals surface area contributed by atoms with Gasteiger partial charge >= 0.3 is 0 Å². The lowest BCUT2D eigenvalue weighted by molar-refractivity contribution is -0.117. The second-order valence-corrected chi connectivity index (χ2v) is 6.85. The number of carbonyl (C=O) groups excluding carboxylic acids is 2. The Morgan fingerprint density at radius 2 is 1.50 bits per heavy atom. The fourth-order valence-corrected chi connectivity index (χ4v) is 2.99. The second-order valence-electron chi connectivity index (χ2n) is 6.85. The number of anilines is 2. The standard InChI is InChI=1S/C24H24N2O2/c1-17-14-15-20(24(28)26(3)21-12-8-5-9-13-21)16-22(17)25-23(27)18(2)19-10-6-4-7-11-19/h4-16,18H,1-3H3,(H,25,27). The normalized spacial score (nSPS) is 11.5. The minimum atomic E-state index is -0.285. The molecule has 0 bridgehead atoms. The van der Waals surface area contributed by atoms with Crippen molar-refractivity contribution in [3.05, 3.63) is 95.6 Å². The number of hydrogen-bond donors (Lipinski definition) is 1. The van der Waals surface area contributed by atoms with Crippen molar-refractivity contribution in [2.45, 2.75) is 19.8 Å². The number of rotatable bonds is 5. The number of nitrogens with zero attached hydrogens (tertiary/aromatic N) is 1. The van der Waals surface area contributed by atoms with E-state index in [0.29, 0.717) is 11.3 Å². The van der Waals surface area contributed by atoms with Gasteiger partial charge in [-0.15, -0.1) is 0 Å². The second kappa shape index (κ2) is 8.53. The highest BCUT2D eigenvalue weighted by molar-refractivity contribution is 6.07. The number of amides is 2. The van der Waals surface area contributed by atoms with Crippen LogP contribution in [0.15, 0.2) is 78.9 Å².